The van der Waals surface area contributed by atoms with E-state index >= 15 is 0 Å². The molecular weight excluding hydrogens is 264 g/mol. The summed E-state index contributed by atoms with van der Waals surface area (Å²) in [5.74, 6) is 0.792. The van der Waals surface area contributed by atoms with Crippen LogP contribution in [0.15, 0.2) is 18.5 Å². The zero-order valence-electron chi connectivity index (χ0n) is 12.6. The van der Waals surface area contributed by atoms with Gasteiger partial charge < -0.3 is 15.5 Å². The average Bonchev–Trinajstić information content (AvgIpc) is 2.52. The quantitative estimate of drug-likeness (QED) is 0.890. The van der Waals surface area contributed by atoms with E-state index in [0.29, 0.717) is 18.4 Å². The number of rotatable bonds is 4. The second-order valence-corrected chi connectivity index (χ2v) is 6.07. The Morgan fingerprint density at radius 1 is 1.43 bits per heavy atom. The Hall–Kier alpha value is -1.78. The highest BCUT2D eigenvalue weighted by Gasteiger charge is 2.33. The van der Waals surface area contributed by atoms with Crippen molar-refractivity contribution in [3.05, 3.63) is 18.5 Å². The van der Waals surface area contributed by atoms with Gasteiger partial charge in [-0.25, -0.2) is 0 Å². The molecule has 3 rings (SSSR count). The Morgan fingerprint density at radius 2 is 2.33 bits per heavy atom. The van der Waals surface area contributed by atoms with Crippen molar-refractivity contribution in [3.63, 3.8) is 0 Å². The zero-order chi connectivity index (χ0) is 14.7. The van der Waals surface area contributed by atoms with Gasteiger partial charge in [0.1, 0.15) is 0 Å². The highest BCUT2D eigenvalue weighted by Crippen LogP contribution is 2.29. The minimum Gasteiger partial charge on any atom is -0.384 e. The highest BCUT2D eigenvalue weighted by atomic mass is 16.1. The molecule has 1 aromatic heterocycles. The van der Waals surface area contributed by atoms with Gasteiger partial charge in [0, 0.05) is 32.1 Å². The van der Waals surface area contributed by atoms with Crippen molar-refractivity contribution >= 4 is 17.3 Å². The zero-order valence-corrected chi connectivity index (χ0v) is 12.6. The molecule has 3 heterocycles. The van der Waals surface area contributed by atoms with E-state index in [9.17, 15) is 4.79 Å². The lowest BCUT2D eigenvalue weighted by atomic mass is 9.85. The molecule has 2 aliphatic rings. The normalized spacial score (nSPS) is 25.2. The molecule has 0 spiro atoms. The van der Waals surface area contributed by atoms with Gasteiger partial charge in [-0.15, -0.1) is 0 Å². The number of pyridine rings is 1. The van der Waals surface area contributed by atoms with Gasteiger partial charge in [-0.3, -0.25) is 9.78 Å². The predicted molar refractivity (Wildman–Crippen MR) is 84.5 cm³/mol. The van der Waals surface area contributed by atoms with Gasteiger partial charge in [0.2, 0.25) is 5.91 Å². The van der Waals surface area contributed by atoms with Gasteiger partial charge in [-0.1, -0.05) is 6.92 Å². The maximum Gasteiger partial charge on any atom is 0.220 e. The molecule has 2 fully saturated rings. The monoisotopic (exact) mass is 288 g/mol. The second kappa shape index (κ2) is 6.33. The molecule has 0 aromatic carbocycles. The van der Waals surface area contributed by atoms with Crippen LogP contribution in [0.4, 0.5) is 11.4 Å². The maximum absolute atomic E-state index is 11.5. The molecular formula is C16H24N4O. The van der Waals surface area contributed by atoms with E-state index in [-0.39, 0.29) is 5.91 Å². The van der Waals surface area contributed by atoms with Crippen LogP contribution >= 0.6 is 0 Å². The number of piperidine rings is 2. The number of fused-ring (bicyclic) bond motifs is 1. The number of carbonyl (C=O) groups is 1. The summed E-state index contributed by atoms with van der Waals surface area (Å²) in [4.78, 5) is 18.2. The molecule has 114 valence electrons. The summed E-state index contributed by atoms with van der Waals surface area (Å²) in [6, 6.07) is 2.56. The molecule has 0 bridgehead atoms. The molecule has 0 saturated carbocycles. The second-order valence-electron chi connectivity index (χ2n) is 6.07. The summed E-state index contributed by atoms with van der Waals surface area (Å²) in [5.41, 5.74) is 2.28. The van der Waals surface area contributed by atoms with Crippen LogP contribution in [0, 0.1) is 5.92 Å². The molecule has 2 atom stereocenters. The third kappa shape index (κ3) is 3.28. The number of aromatic nitrogens is 1. The van der Waals surface area contributed by atoms with Gasteiger partial charge in [0.05, 0.1) is 23.8 Å². The largest absolute Gasteiger partial charge is 0.384 e. The average molecular weight is 288 g/mol. The summed E-state index contributed by atoms with van der Waals surface area (Å²) in [6.45, 7) is 5.14. The molecule has 1 aromatic rings. The smallest absolute Gasteiger partial charge is 0.220 e. The van der Waals surface area contributed by atoms with Gasteiger partial charge in [-0.05, 0) is 31.2 Å². The van der Waals surface area contributed by atoms with Crippen LogP contribution in [0.25, 0.3) is 0 Å². The number of hydrogen-bond donors (Lipinski definition) is 2. The van der Waals surface area contributed by atoms with E-state index in [0.717, 1.165) is 44.6 Å². The van der Waals surface area contributed by atoms with Crippen molar-refractivity contribution in [2.75, 3.05) is 29.9 Å². The number of amides is 1. The summed E-state index contributed by atoms with van der Waals surface area (Å²) >= 11 is 0. The maximum atomic E-state index is 11.5. The SMILES string of the molecule is CCCNc1cncc(N2CCC3NC(=O)CCC3C2)c1. The molecule has 2 N–H and O–H groups in total. The van der Waals surface area contributed by atoms with Crippen molar-refractivity contribution in [2.24, 2.45) is 5.92 Å². The Bertz CT molecular complexity index is 505. The number of nitrogens with one attached hydrogen (secondary N) is 2. The molecule has 2 saturated heterocycles. The molecule has 21 heavy (non-hydrogen) atoms. The van der Waals surface area contributed by atoms with Crippen LogP contribution < -0.4 is 15.5 Å². The number of hydrogen-bond acceptors (Lipinski definition) is 4. The first-order chi connectivity index (χ1) is 10.3. The Labute approximate surface area is 126 Å². The highest BCUT2D eigenvalue weighted by molar-refractivity contribution is 5.77. The molecule has 0 radical (unpaired) electrons. The lowest BCUT2D eigenvalue weighted by molar-refractivity contribution is -0.124. The Balaban J connectivity index is 1.66. The molecule has 5 heteroatoms. The van der Waals surface area contributed by atoms with Crippen LogP contribution in [-0.2, 0) is 4.79 Å². The van der Waals surface area contributed by atoms with Crippen LogP contribution in [-0.4, -0.2) is 36.6 Å². The Kier molecular flexibility index (Phi) is 4.27. The summed E-state index contributed by atoms with van der Waals surface area (Å²) in [6.07, 6.45) is 7.64. The first-order valence-electron chi connectivity index (χ1n) is 7.99. The van der Waals surface area contributed by atoms with Crippen molar-refractivity contribution in [1.29, 1.82) is 0 Å². The summed E-state index contributed by atoms with van der Waals surface area (Å²) in [7, 11) is 0. The summed E-state index contributed by atoms with van der Waals surface area (Å²) < 4.78 is 0. The minimum absolute atomic E-state index is 0.220. The van der Waals surface area contributed by atoms with Crippen LogP contribution in [0.1, 0.15) is 32.6 Å². The molecule has 1 amide bonds. The first kappa shape index (κ1) is 14.2. The van der Waals surface area contributed by atoms with Gasteiger partial charge in [-0.2, -0.15) is 0 Å². The molecule has 5 nitrogen and oxygen atoms in total. The lowest BCUT2D eigenvalue weighted by Gasteiger charge is -2.42. The predicted octanol–water partition coefficient (Wildman–Crippen LogP) is 2.01. The van der Waals surface area contributed by atoms with Crippen molar-refractivity contribution < 1.29 is 4.79 Å². The fourth-order valence-electron chi connectivity index (χ4n) is 3.31. The van der Waals surface area contributed by atoms with Gasteiger partial charge in [0.15, 0.2) is 0 Å². The number of anilines is 2. The lowest BCUT2D eigenvalue weighted by Crippen LogP contribution is -2.54. The minimum atomic E-state index is 0.220. The third-order valence-electron chi connectivity index (χ3n) is 4.49. The molecule has 2 aliphatic heterocycles. The van der Waals surface area contributed by atoms with Gasteiger partial charge >= 0.3 is 0 Å². The Morgan fingerprint density at radius 3 is 3.19 bits per heavy atom. The van der Waals surface area contributed by atoms with E-state index < -0.39 is 0 Å². The number of carbonyl (C=O) groups excluding carboxylic acids is 1. The van der Waals surface area contributed by atoms with Crippen molar-refractivity contribution in [2.45, 2.75) is 38.6 Å². The third-order valence-corrected chi connectivity index (χ3v) is 4.49. The van der Waals surface area contributed by atoms with E-state index in [4.69, 9.17) is 0 Å². The van der Waals surface area contributed by atoms with E-state index in [1.54, 1.807) is 0 Å². The first-order valence-corrected chi connectivity index (χ1v) is 7.99. The van der Waals surface area contributed by atoms with E-state index in [1.807, 2.05) is 12.4 Å². The standard InChI is InChI=1S/C16H24N4O/c1-2-6-18-13-8-14(10-17-9-13)20-7-5-15-12(11-20)3-4-16(21)19-15/h8-10,12,15,18H,2-7,11H2,1H3,(H,19,21). The van der Waals surface area contributed by atoms with Crippen molar-refractivity contribution in [3.8, 4) is 0 Å². The van der Waals surface area contributed by atoms with E-state index in [2.05, 4.69) is 33.5 Å². The number of nitrogens with zero attached hydrogens (tertiary/aromatic N) is 2. The van der Waals surface area contributed by atoms with Crippen LogP contribution in [0.3, 0.4) is 0 Å². The van der Waals surface area contributed by atoms with Gasteiger partial charge in [0.25, 0.3) is 0 Å². The van der Waals surface area contributed by atoms with E-state index in [1.165, 1.54) is 5.69 Å². The fraction of sp³-hybridized carbons (Fsp3) is 0.625. The van der Waals surface area contributed by atoms with Crippen molar-refractivity contribution in [1.82, 2.24) is 10.3 Å². The molecule has 2 unspecified atom stereocenters. The topological polar surface area (TPSA) is 57.3 Å². The fourth-order valence-corrected chi connectivity index (χ4v) is 3.31. The summed E-state index contributed by atoms with van der Waals surface area (Å²) in [5, 5.41) is 6.53. The molecule has 0 aliphatic carbocycles. The van der Waals surface area contributed by atoms with Crippen LogP contribution in [0.5, 0.6) is 0 Å². The van der Waals surface area contributed by atoms with Crippen LogP contribution in [0.2, 0.25) is 0 Å².